The van der Waals surface area contributed by atoms with Gasteiger partial charge in [-0.2, -0.15) is 0 Å². The van der Waals surface area contributed by atoms with Crippen LogP contribution in [0.3, 0.4) is 0 Å². The Bertz CT molecular complexity index is 1550. The van der Waals surface area contributed by atoms with Crippen LogP contribution in [0.2, 0.25) is 0 Å². The van der Waals surface area contributed by atoms with Crippen molar-refractivity contribution in [1.29, 1.82) is 0 Å². The Labute approximate surface area is 270 Å². The highest BCUT2D eigenvalue weighted by molar-refractivity contribution is 8.14. The Balaban J connectivity index is 1.49. The summed E-state index contributed by atoms with van der Waals surface area (Å²) in [5.41, 5.74) is -8.90. The zero-order valence-corrected chi connectivity index (χ0v) is 27.1. The lowest BCUT2D eigenvalue weighted by Crippen LogP contribution is -2.70. The number of esters is 2. The van der Waals surface area contributed by atoms with Crippen LogP contribution < -0.4 is 0 Å². The Morgan fingerprint density at radius 2 is 1.91 bits per heavy atom. The Hall–Kier alpha value is -3.27. The molecular formula is C34H38F2O9S. The summed E-state index contributed by atoms with van der Waals surface area (Å²) in [7, 11) is 0. The van der Waals surface area contributed by atoms with Crippen molar-refractivity contribution in [3.8, 4) is 11.8 Å². The van der Waals surface area contributed by atoms with Crippen molar-refractivity contribution in [3.05, 3.63) is 48.0 Å². The van der Waals surface area contributed by atoms with Crippen LogP contribution in [-0.2, 0) is 23.9 Å². The third kappa shape index (κ3) is 5.06. The van der Waals surface area contributed by atoms with Gasteiger partial charge in [0.1, 0.15) is 6.17 Å². The SMILES string of the molecule is C[C@@H]1C[C@H]2[C@@H]3C[C@H](F)C4=CC(=O)C=C[C@]4(C)[C@@]3(F)[C@@H](O)C[C@]2(C)[C@@]1(OC(=O)c1ccco1)C(=O)SCC#CCOC(=O)C(C)(C)O. The number of carbonyl (C=O) groups is 4. The molecule has 0 spiro atoms. The molecule has 46 heavy (non-hydrogen) atoms. The fourth-order valence-corrected chi connectivity index (χ4v) is 9.39. The highest BCUT2D eigenvalue weighted by Crippen LogP contribution is 2.72. The summed E-state index contributed by atoms with van der Waals surface area (Å²) < 4.78 is 49.8. The van der Waals surface area contributed by atoms with E-state index in [0.29, 0.717) is 0 Å². The summed E-state index contributed by atoms with van der Waals surface area (Å²) in [6, 6.07) is 2.87. The highest BCUT2D eigenvalue weighted by atomic mass is 32.2. The molecule has 1 aromatic heterocycles. The van der Waals surface area contributed by atoms with Crippen LogP contribution in [0.15, 0.2) is 46.6 Å². The number of rotatable bonds is 6. The predicted octanol–water partition coefficient (Wildman–Crippen LogP) is 4.32. The lowest BCUT2D eigenvalue weighted by Gasteiger charge is -2.63. The number of thioether (sulfide) groups is 1. The van der Waals surface area contributed by atoms with Crippen molar-refractivity contribution in [1.82, 2.24) is 0 Å². The smallest absolute Gasteiger partial charge is 0.375 e. The van der Waals surface area contributed by atoms with Gasteiger partial charge < -0.3 is 24.1 Å². The quantitative estimate of drug-likeness (QED) is 0.335. The van der Waals surface area contributed by atoms with Gasteiger partial charge in [-0.15, -0.1) is 0 Å². The second-order valence-electron chi connectivity index (χ2n) is 13.7. The monoisotopic (exact) mass is 660 g/mol. The second kappa shape index (κ2) is 11.8. The van der Waals surface area contributed by atoms with E-state index in [1.54, 1.807) is 13.8 Å². The number of aliphatic hydroxyl groups excluding tert-OH is 1. The summed E-state index contributed by atoms with van der Waals surface area (Å²) in [4.78, 5) is 51.6. The van der Waals surface area contributed by atoms with Gasteiger partial charge in [0.25, 0.3) is 0 Å². The molecule has 0 aromatic carbocycles. The number of ether oxygens (including phenoxy) is 2. The molecule has 5 rings (SSSR count). The van der Waals surface area contributed by atoms with Crippen LogP contribution in [-0.4, -0.2) is 74.6 Å². The van der Waals surface area contributed by atoms with E-state index in [0.717, 1.165) is 17.8 Å². The minimum atomic E-state index is -2.37. The Kier molecular flexibility index (Phi) is 8.71. The number of fused-ring (bicyclic) bond motifs is 5. The molecule has 0 aliphatic heterocycles. The average Bonchev–Trinajstić information content (AvgIpc) is 3.59. The maximum atomic E-state index is 17.7. The molecule has 0 radical (unpaired) electrons. The molecule has 3 fully saturated rings. The van der Waals surface area contributed by atoms with Gasteiger partial charge >= 0.3 is 11.9 Å². The van der Waals surface area contributed by atoms with Gasteiger partial charge in [0.15, 0.2) is 29.3 Å². The predicted molar refractivity (Wildman–Crippen MR) is 163 cm³/mol. The number of furan rings is 1. The molecule has 248 valence electrons. The first kappa shape index (κ1) is 34.1. The largest absolute Gasteiger partial charge is 0.457 e. The summed E-state index contributed by atoms with van der Waals surface area (Å²) in [6.45, 7) is 7.12. The van der Waals surface area contributed by atoms with Gasteiger partial charge in [0, 0.05) is 22.7 Å². The van der Waals surface area contributed by atoms with E-state index in [9.17, 15) is 29.4 Å². The summed E-state index contributed by atoms with van der Waals surface area (Å²) >= 11 is 0.765. The van der Waals surface area contributed by atoms with Crippen molar-refractivity contribution in [2.75, 3.05) is 12.4 Å². The number of hydrogen-bond donors (Lipinski definition) is 2. The van der Waals surface area contributed by atoms with Crippen LogP contribution in [0.1, 0.15) is 64.4 Å². The molecule has 1 aromatic rings. The molecule has 4 aliphatic rings. The zero-order valence-electron chi connectivity index (χ0n) is 26.3. The van der Waals surface area contributed by atoms with Gasteiger partial charge in [-0.3, -0.25) is 9.59 Å². The van der Waals surface area contributed by atoms with Crippen LogP contribution in [0, 0.1) is 40.4 Å². The molecule has 9 nitrogen and oxygen atoms in total. The standard InChI is InChI=1S/C34H38F2O9S/c1-19-15-21-22-17-24(35)23-16-20(37)10-11-31(23,4)33(22,36)26(38)18-32(21,5)34(19,45-27(39)25-9-8-13-43-25)29(41)46-14-7-6-12-44-28(40)30(2,3)42/h8-11,13,16,19,21-22,24,26,38,42H,12,14-15,17-18H2,1-5H3/t19-,21+,22+,24+,26+,31+,32+,33+,34+/m1/s1. The first-order chi connectivity index (χ1) is 21.4. The summed E-state index contributed by atoms with van der Waals surface area (Å²) in [5.74, 6) is 0.420. The van der Waals surface area contributed by atoms with E-state index in [1.807, 2.05) is 0 Å². The lowest BCUT2D eigenvalue weighted by molar-refractivity contribution is -0.221. The molecular weight excluding hydrogens is 622 g/mol. The van der Waals surface area contributed by atoms with E-state index in [-0.39, 0.29) is 43.0 Å². The zero-order chi connectivity index (χ0) is 33.9. The number of aliphatic hydroxyl groups is 2. The van der Waals surface area contributed by atoms with Gasteiger partial charge in [0.05, 0.1) is 18.1 Å². The normalized spacial score (nSPS) is 38.0. The maximum Gasteiger partial charge on any atom is 0.375 e. The minimum Gasteiger partial charge on any atom is -0.457 e. The third-order valence-corrected chi connectivity index (χ3v) is 11.5. The van der Waals surface area contributed by atoms with Crippen molar-refractivity contribution in [2.45, 2.75) is 83.0 Å². The van der Waals surface area contributed by atoms with Crippen LogP contribution in [0.25, 0.3) is 0 Å². The van der Waals surface area contributed by atoms with Crippen molar-refractivity contribution >= 4 is 34.6 Å². The van der Waals surface area contributed by atoms with Gasteiger partial charge in [0.2, 0.25) is 10.9 Å². The average molecular weight is 661 g/mol. The second-order valence-corrected chi connectivity index (χ2v) is 14.6. The first-order valence-corrected chi connectivity index (χ1v) is 16.2. The molecule has 3 saturated carbocycles. The lowest BCUT2D eigenvalue weighted by atomic mass is 9.44. The molecule has 2 N–H and O–H groups in total. The van der Waals surface area contributed by atoms with E-state index in [1.165, 1.54) is 51.3 Å². The summed E-state index contributed by atoms with van der Waals surface area (Å²) in [5, 5.41) is 20.8. The number of halogens is 2. The fraction of sp³-hybridized carbons (Fsp3) is 0.588. The molecule has 12 heteroatoms. The number of ketones is 1. The Morgan fingerprint density at radius 1 is 1.20 bits per heavy atom. The van der Waals surface area contributed by atoms with Gasteiger partial charge in [-0.05, 0) is 75.8 Å². The van der Waals surface area contributed by atoms with E-state index in [2.05, 4.69) is 11.8 Å². The van der Waals surface area contributed by atoms with Crippen molar-refractivity contribution < 1.29 is 52.1 Å². The first-order valence-electron chi connectivity index (χ1n) is 15.2. The van der Waals surface area contributed by atoms with Crippen LogP contribution >= 0.6 is 11.8 Å². The molecule has 4 aliphatic carbocycles. The van der Waals surface area contributed by atoms with E-state index in [4.69, 9.17) is 13.9 Å². The molecule has 0 amide bonds. The van der Waals surface area contributed by atoms with Crippen molar-refractivity contribution in [2.24, 2.45) is 28.6 Å². The van der Waals surface area contributed by atoms with Gasteiger partial charge in [-0.1, -0.05) is 43.5 Å². The number of alkyl halides is 2. The Morgan fingerprint density at radius 3 is 2.57 bits per heavy atom. The number of carbonyl (C=O) groups excluding carboxylic acids is 4. The van der Waals surface area contributed by atoms with Crippen LogP contribution in [0.5, 0.6) is 0 Å². The fourth-order valence-electron chi connectivity index (χ4n) is 8.40. The maximum absolute atomic E-state index is 17.7. The molecule has 1 heterocycles. The van der Waals surface area contributed by atoms with Gasteiger partial charge in [-0.25, -0.2) is 18.4 Å². The van der Waals surface area contributed by atoms with E-state index >= 15 is 8.78 Å². The number of allylic oxidation sites excluding steroid dienone is 4. The van der Waals surface area contributed by atoms with Crippen molar-refractivity contribution in [3.63, 3.8) is 0 Å². The number of hydrogen-bond acceptors (Lipinski definition) is 10. The topological polar surface area (TPSA) is 140 Å². The summed E-state index contributed by atoms with van der Waals surface area (Å²) in [6.07, 6.45) is 1.16. The third-order valence-electron chi connectivity index (χ3n) is 10.6. The molecule has 0 bridgehead atoms. The minimum absolute atomic E-state index is 0.0126. The molecule has 9 atom stereocenters. The highest BCUT2D eigenvalue weighted by Gasteiger charge is 2.78. The van der Waals surface area contributed by atoms with Crippen LogP contribution in [0.4, 0.5) is 8.78 Å². The molecule has 0 saturated heterocycles. The van der Waals surface area contributed by atoms with E-state index < -0.39 is 80.6 Å². The molecule has 0 unspecified atom stereocenters.